The maximum absolute atomic E-state index is 11.6. The van der Waals surface area contributed by atoms with E-state index in [-0.39, 0.29) is 98.2 Å². The predicted molar refractivity (Wildman–Crippen MR) is 141 cm³/mol. The van der Waals surface area contributed by atoms with Crippen molar-refractivity contribution in [3.05, 3.63) is 0 Å². The molecule has 0 atom stereocenters. The minimum Gasteiger partial charge on any atom is -1.00 e. The van der Waals surface area contributed by atoms with Crippen LogP contribution in [0.4, 0.5) is 0 Å². The Kier molecular flexibility index (Phi) is 27.9. The molecule has 2 fully saturated rings. The first-order valence-electron chi connectivity index (χ1n) is 11.4. The Morgan fingerprint density at radius 1 is 0.882 bits per heavy atom. The van der Waals surface area contributed by atoms with Crippen LogP contribution in [0.15, 0.2) is 0 Å². The average Bonchev–Trinajstić information content (AvgIpc) is 2.59. The number of hydrogen-bond acceptors (Lipinski definition) is 5. The van der Waals surface area contributed by atoms with Gasteiger partial charge < -0.3 is 29.1 Å². The number of carbonyl (C=O) groups excluding carboxylic acids is 2. The van der Waals surface area contributed by atoms with Crippen LogP contribution >= 0.6 is 11.6 Å². The zero-order valence-electron chi connectivity index (χ0n) is 22.9. The molecule has 2 rings (SSSR count). The van der Waals surface area contributed by atoms with Crippen LogP contribution in [0.25, 0.3) is 0 Å². The van der Waals surface area contributed by atoms with Crippen molar-refractivity contribution in [2.75, 3.05) is 31.3 Å². The van der Waals surface area contributed by atoms with Crippen molar-refractivity contribution >= 4 is 47.4 Å². The van der Waals surface area contributed by atoms with E-state index in [1.165, 1.54) is 31.1 Å². The van der Waals surface area contributed by atoms with Crippen LogP contribution in [0.2, 0.25) is 0 Å². The van der Waals surface area contributed by atoms with Gasteiger partial charge in [-0.2, -0.15) is 0 Å². The summed E-state index contributed by atoms with van der Waals surface area (Å²) >= 11 is 5.32. The molecule has 2 aliphatic carbocycles. The summed E-state index contributed by atoms with van der Waals surface area (Å²) in [5.41, 5.74) is -0.750. The third kappa shape index (κ3) is 38.7. The van der Waals surface area contributed by atoms with E-state index in [2.05, 4.69) is 0 Å². The van der Waals surface area contributed by atoms with Gasteiger partial charge in [0.05, 0.1) is 9.93 Å². The molecule has 2 aliphatic rings. The number of carbonyl (C=O) groups is 2. The van der Waals surface area contributed by atoms with E-state index in [1.807, 2.05) is 0 Å². The minimum absolute atomic E-state index is 0. The van der Waals surface area contributed by atoms with E-state index in [0.717, 1.165) is 38.5 Å². The van der Waals surface area contributed by atoms with E-state index in [4.69, 9.17) is 11.6 Å². The smallest absolute Gasteiger partial charge is 1.00 e. The van der Waals surface area contributed by atoms with Crippen LogP contribution in [0.3, 0.4) is 0 Å². The van der Waals surface area contributed by atoms with Crippen LogP contribution in [-0.2, 0) is 33.3 Å². The fraction of sp³-hybridized carbons (Fsp3) is 0.875. The van der Waals surface area contributed by atoms with Gasteiger partial charge >= 0.3 is 51.4 Å². The summed E-state index contributed by atoms with van der Waals surface area (Å²) in [6.45, 7) is 4.90. The molecule has 0 N–H and O–H groups in total. The summed E-state index contributed by atoms with van der Waals surface area (Å²) in [5, 5.41) is 11.4. The van der Waals surface area contributed by atoms with Crippen LogP contribution in [-0.4, -0.2) is 57.5 Å². The second kappa shape index (κ2) is 22.0. The number of Topliss-reactive ketones (excluding diaryl/α,β-unsaturated/α-hetero) is 1. The van der Waals surface area contributed by atoms with Gasteiger partial charge in [-0.25, -0.2) is 0 Å². The first-order chi connectivity index (χ1) is 14.3. The summed E-state index contributed by atoms with van der Waals surface area (Å²) < 4.78 is 21.6. The number of ketones is 1. The van der Waals surface area contributed by atoms with Crippen molar-refractivity contribution in [1.29, 1.82) is 0 Å². The van der Waals surface area contributed by atoms with E-state index in [1.54, 1.807) is 52.1 Å². The van der Waals surface area contributed by atoms with Crippen molar-refractivity contribution < 1.29 is 98.5 Å². The summed E-state index contributed by atoms with van der Waals surface area (Å²) in [4.78, 5) is 22.1. The minimum atomic E-state index is -2.00. The molecule has 0 aromatic rings. The third-order valence-electron chi connectivity index (χ3n) is 4.33. The molecule has 0 aromatic heterocycles. The molecule has 0 aromatic carbocycles. The Hall–Kier alpha value is 2.13. The normalized spacial score (nSPS) is 16.9. The van der Waals surface area contributed by atoms with Crippen LogP contribution in [0, 0.1) is 11.8 Å². The van der Waals surface area contributed by atoms with Crippen LogP contribution in [0.1, 0.15) is 85.0 Å². The zero-order valence-corrected chi connectivity index (χ0v) is 30.6. The number of halogens is 2. The quantitative estimate of drug-likeness (QED) is 0.117. The number of hydrogen-bond donors (Lipinski definition) is 0. The molecule has 0 amide bonds. The maximum Gasteiger partial charge on any atom is 1.00 e. The average molecular weight is 681 g/mol. The van der Waals surface area contributed by atoms with Crippen molar-refractivity contribution in [3.8, 4) is 0 Å². The van der Waals surface area contributed by atoms with Crippen LogP contribution < -0.4 is 80.5 Å². The van der Waals surface area contributed by atoms with E-state index in [9.17, 15) is 23.1 Å². The second-order valence-corrected chi connectivity index (χ2v) is 17.3. The molecule has 34 heavy (non-hydrogen) atoms. The molecule has 0 heterocycles. The van der Waals surface area contributed by atoms with E-state index < -0.39 is 25.1 Å². The molecule has 5 nitrogen and oxygen atoms in total. The van der Waals surface area contributed by atoms with E-state index in [0.29, 0.717) is 0 Å². The van der Waals surface area contributed by atoms with Crippen LogP contribution in [0.5, 0.6) is 0 Å². The number of rotatable bonds is 3. The zero-order chi connectivity index (χ0) is 25.6. The molecule has 2 saturated carbocycles. The summed E-state index contributed by atoms with van der Waals surface area (Å²) in [6, 6.07) is 0. The van der Waals surface area contributed by atoms with Gasteiger partial charge in [0.15, 0.2) is 5.78 Å². The molecule has 0 spiro atoms. The first kappa shape index (κ1) is 43.2. The molecule has 0 aliphatic heterocycles. The summed E-state index contributed by atoms with van der Waals surface area (Å²) in [5.74, 6) is 0.449. The SMILES string of the molecule is CC(C)(C)[O-].CS(C)(=O)=CC(=O)C1CCCCC1.C[S+](C)(C)=O.O=C(Cl)C1CCCCC1.[I-].[K+]. The van der Waals surface area contributed by atoms with Gasteiger partial charge in [0.2, 0.25) is 5.24 Å². The maximum atomic E-state index is 11.6. The molecule has 0 radical (unpaired) electrons. The molecule has 0 bridgehead atoms. The fourth-order valence-corrected chi connectivity index (χ4v) is 4.06. The van der Waals surface area contributed by atoms with Crippen molar-refractivity contribution in [2.24, 2.45) is 11.8 Å². The Bertz CT molecular complexity index is 691. The second-order valence-electron chi connectivity index (χ2n) is 10.6. The fourth-order valence-electron chi connectivity index (χ4n) is 3.09. The third-order valence-corrected chi connectivity index (χ3v) is 5.44. The van der Waals surface area contributed by atoms with Gasteiger partial charge in [-0.15, -0.1) is 9.81 Å². The largest absolute Gasteiger partial charge is 1.00 e. The van der Waals surface area contributed by atoms with Crippen molar-refractivity contribution in [1.82, 2.24) is 0 Å². The van der Waals surface area contributed by atoms with Gasteiger partial charge in [0.25, 0.3) is 0 Å². The Morgan fingerprint density at radius 2 is 1.15 bits per heavy atom. The molecule has 10 heteroatoms. The van der Waals surface area contributed by atoms with Crippen molar-refractivity contribution in [3.63, 3.8) is 0 Å². The standard InChI is InChI=1S/C10H18O2S.C7H11ClO.C4H9O.C3H9OS.HI.K/c1-13(2,12)8-10(11)9-6-4-3-5-7-9;8-7(9)6-4-2-1-3-5-6;1-4(2,3)5;1-5(2,3)4;;/h8-9H,3-7H2,1-2H3;6H,1-5H2;2*1-3H3;1H;/q;;-1;+1;;+1/p-1. The molecular weight excluding hydrogens is 634 g/mol. The molecular formula is C24H47ClIKO5S2. The van der Waals surface area contributed by atoms with Gasteiger partial charge in [-0.1, -0.05) is 59.3 Å². The Labute approximate surface area is 276 Å². The monoisotopic (exact) mass is 680 g/mol. The van der Waals surface area contributed by atoms with Crippen molar-refractivity contribution in [2.45, 2.75) is 90.6 Å². The van der Waals surface area contributed by atoms with E-state index >= 15 is 0 Å². The molecule has 200 valence electrons. The first-order valence-corrected chi connectivity index (χ1v) is 17.0. The van der Waals surface area contributed by atoms with Gasteiger partial charge in [-0.05, 0) is 46.8 Å². The molecule has 0 saturated heterocycles. The van der Waals surface area contributed by atoms with Gasteiger partial charge in [-0.3, -0.25) is 13.8 Å². The Morgan fingerprint density at radius 3 is 1.35 bits per heavy atom. The molecule has 0 unspecified atom stereocenters. The Balaban J connectivity index is -0.000000188. The van der Waals surface area contributed by atoms with Gasteiger partial charge in [0.1, 0.15) is 18.8 Å². The predicted octanol–water partition coefficient (Wildman–Crippen LogP) is -1.66. The summed E-state index contributed by atoms with van der Waals surface area (Å²) in [7, 11) is -3.41. The van der Waals surface area contributed by atoms with Gasteiger partial charge in [0, 0.05) is 29.7 Å². The summed E-state index contributed by atoms with van der Waals surface area (Å²) in [6.07, 6.45) is 19.6. The topological polar surface area (TPSA) is 91.3 Å².